The average Bonchev–Trinajstić information content (AvgIpc) is 3.55. The number of nitrogens with one attached hydrogen (secondary N) is 1. The zero-order valence-corrected chi connectivity index (χ0v) is 20.9. The summed E-state index contributed by atoms with van der Waals surface area (Å²) in [6.07, 6.45) is 7.99. The number of aromatic nitrogens is 4. The molecule has 1 aliphatic heterocycles. The van der Waals surface area contributed by atoms with Gasteiger partial charge in [-0.05, 0) is 80.1 Å². The van der Waals surface area contributed by atoms with Crippen molar-refractivity contribution >= 4 is 39.4 Å². The molecule has 3 aromatic heterocycles. The molecule has 0 saturated carbocycles. The molecule has 1 N–H and O–H groups in total. The van der Waals surface area contributed by atoms with Gasteiger partial charge in [0.25, 0.3) is 0 Å². The van der Waals surface area contributed by atoms with Crippen molar-refractivity contribution in [3.8, 4) is 0 Å². The molecular weight excluding hydrogens is 470 g/mol. The smallest absolute Gasteiger partial charge is 0.145 e. The van der Waals surface area contributed by atoms with E-state index in [1.54, 1.807) is 6.33 Å². The number of benzene rings is 2. The lowest BCUT2D eigenvalue weighted by molar-refractivity contribution is 0.00119. The molecule has 36 heavy (non-hydrogen) atoms. The Hall–Kier alpha value is -3.48. The van der Waals surface area contributed by atoms with E-state index in [1.807, 2.05) is 37.3 Å². The minimum absolute atomic E-state index is 0.0364. The second-order valence-corrected chi connectivity index (χ2v) is 9.89. The molecule has 0 unspecified atom stereocenters. The van der Waals surface area contributed by atoms with Gasteiger partial charge in [-0.25, -0.2) is 15.0 Å². The zero-order valence-electron chi connectivity index (χ0n) is 20.2. The fourth-order valence-corrected chi connectivity index (χ4v) is 5.10. The highest BCUT2D eigenvalue weighted by Gasteiger charge is 2.27. The van der Waals surface area contributed by atoms with Gasteiger partial charge in [-0.2, -0.15) is 0 Å². The Balaban J connectivity index is 1.09. The lowest BCUT2D eigenvalue weighted by Crippen LogP contribution is -2.12. The lowest BCUT2D eigenvalue weighted by atomic mass is 10.0. The van der Waals surface area contributed by atoms with Gasteiger partial charge in [0.05, 0.1) is 17.3 Å². The number of hydrogen-bond donors (Lipinski definition) is 1. The van der Waals surface area contributed by atoms with E-state index in [9.17, 15) is 0 Å². The molecule has 0 spiro atoms. The molecule has 1 saturated heterocycles. The minimum Gasteiger partial charge on any atom is -0.366 e. The summed E-state index contributed by atoms with van der Waals surface area (Å²) < 4.78 is 8.59. The van der Waals surface area contributed by atoms with Crippen LogP contribution in [0.4, 0.5) is 5.82 Å². The Morgan fingerprint density at radius 1 is 1.00 bits per heavy atom. The predicted molar refractivity (Wildman–Crippen MR) is 144 cm³/mol. The molecule has 0 bridgehead atoms. The summed E-state index contributed by atoms with van der Waals surface area (Å²) in [5, 5.41) is 6.40. The first kappa shape index (κ1) is 23.0. The van der Waals surface area contributed by atoms with Crippen LogP contribution in [0.15, 0.2) is 73.2 Å². The van der Waals surface area contributed by atoms with Crippen molar-refractivity contribution in [2.75, 3.05) is 5.32 Å². The van der Waals surface area contributed by atoms with Crippen molar-refractivity contribution in [1.29, 1.82) is 0 Å². The van der Waals surface area contributed by atoms with Crippen LogP contribution in [-0.2, 0) is 17.7 Å². The lowest BCUT2D eigenvalue weighted by Gasteiger charge is -2.16. The maximum atomic E-state index is 6.43. The molecule has 7 heteroatoms. The normalized spacial score (nSPS) is 17.7. The van der Waals surface area contributed by atoms with E-state index in [-0.39, 0.29) is 12.3 Å². The quantitative estimate of drug-likeness (QED) is 0.266. The van der Waals surface area contributed by atoms with E-state index in [1.165, 1.54) is 11.1 Å². The third-order valence-electron chi connectivity index (χ3n) is 7.00. The van der Waals surface area contributed by atoms with Crippen molar-refractivity contribution in [3.63, 3.8) is 0 Å². The maximum Gasteiger partial charge on any atom is 0.145 e. The van der Waals surface area contributed by atoms with Gasteiger partial charge in [-0.3, -0.25) is 0 Å². The van der Waals surface area contributed by atoms with Gasteiger partial charge in [-0.1, -0.05) is 35.9 Å². The second kappa shape index (κ2) is 9.88. The molecule has 4 heterocycles. The first-order valence-corrected chi connectivity index (χ1v) is 12.8. The van der Waals surface area contributed by atoms with Gasteiger partial charge in [0, 0.05) is 28.5 Å². The average molecular weight is 498 g/mol. The monoisotopic (exact) mass is 497 g/mol. The van der Waals surface area contributed by atoms with Gasteiger partial charge in [0.15, 0.2) is 0 Å². The summed E-state index contributed by atoms with van der Waals surface area (Å²) >= 11 is 5.99. The molecular formula is C29H28ClN5O. The van der Waals surface area contributed by atoms with Crippen LogP contribution in [0.3, 0.4) is 0 Å². The first-order chi connectivity index (χ1) is 17.6. The van der Waals surface area contributed by atoms with Gasteiger partial charge in [0.2, 0.25) is 0 Å². The molecule has 0 radical (unpaired) electrons. The number of pyridine rings is 1. The zero-order chi connectivity index (χ0) is 24.5. The number of aryl methyl sites for hydroxylation is 2. The highest BCUT2D eigenvalue weighted by Crippen LogP contribution is 2.33. The number of hydrogen-bond acceptors (Lipinski definition) is 5. The molecule has 0 aliphatic carbocycles. The maximum absolute atomic E-state index is 6.43. The van der Waals surface area contributed by atoms with Crippen molar-refractivity contribution in [3.05, 3.63) is 95.0 Å². The molecule has 6 rings (SSSR count). The minimum atomic E-state index is 0.0364. The van der Waals surface area contributed by atoms with E-state index in [0.29, 0.717) is 6.54 Å². The van der Waals surface area contributed by atoms with Gasteiger partial charge >= 0.3 is 0 Å². The largest absolute Gasteiger partial charge is 0.366 e. The van der Waals surface area contributed by atoms with Crippen LogP contribution in [0, 0.1) is 6.92 Å². The number of anilines is 1. The van der Waals surface area contributed by atoms with Gasteiger partial charge in [-0.15, -0.1) is 0 Å². The first-order valence-electron chi connectivity index (χ1n) is 12.4. The number of fused-ring (bicyclic) bond motifs is 2. The third kappa shape index (κ3) is 4.79. The third-order valence-corrected chi connectivity index (χ3v) is 7.25. The molecule has 0 amide bonds. The number of nitrogens with zero attached hydrogens (tertiary/aromatic N) is 4. The Bertz CT molecular complexity index is 1510. The molecule has 6 nitrogen and oxygen atoms in total. The number of rotatable bonds is 7. The van der Waals surface area contributed by atoms with Gasteiger partial charge in [0.1, 0.15) is 24.0 Å². The van der Waals surface area contributed by atoms with Crippen molar-refractivity contribution in [1.82, 2.24) is 19.5 Å². The standard InChI is InChI=1S/C29H28ClN5O/c1-19-25-14-15-35(29(25)33-18-32-19)28-13-11-24(36-28)10-5-20-2-6-22-7-12-27(34-26(22)16-20)31-17-21-3-8-23(30)9-4-21/h2-4,6-9,12,14-16,18,24,28H,5,10-11,13,17H2,1H3,(H,31,34)/t24-,28-/m1/s1. The van der Waals surface area contributed by atoms with E-state index in [0.717, 1.165) is 64.2 Å². The van der Waals surface area contributed by atoms with E-state index < -0.39 is 0 Å². The summed E-state index contributed by atoms with van der Waals surface area (Å²) in [6.45, 7) is 2.72. The highest BCUT2D eigenvalue weighted by atomic mass is 35.5. The molecule has 1 fully saturated rings. The molecule has 2 atom stereocenters. The Labute approximate surface area is 215 Å². The van der Waals surface area contributed by atoms with Crippen molar-refractivity contribution in [2.45, 2.75) is 51.5 Å². The molecule has 5 aromatic rings. The van der Waals surface area contributed by atoms with Crippen molar-refractivity contribution in [2.24, 2.45) is 0 Å². The van der Waals surface area contributed by atoms with Crippen LogP contribution in [0.25, 0.3) is 21.9 Å². The van der Waals surface area contributed by atoms with E-state index in [2.05, 4.69) is 56.4 Å². The van der Waals surface area contributed by atoms with Crippen LogP contribution in [0.2, 0.25) is 5.02 Å². The van der Waals surface area contributed by atoms with Gasteiger partial charge < -0.3 is 14.6 Å². The number of halogens is 1. The summed E-state index contributed by atoms with van der Waals surface area (Å²) in [5.41, 5.74) is 5.41. The van der Waals surface area contributed by atoms with Crippen LogP contribution >= 0.6 is 11.6 Å². The molecule has 2 aromatic carbocycles. The molecule has 1 aliphatic rings. The fraction of sp³-hybridized carbons (Fsp3) is 0.276. The van der Waals surface area contributed by atoms with Crippen molar-refractivity contribution < 1.29 is 4.74 Å². The molecule has 182 valence electrons. The predicted octanol–water partition coefficient (Wildman–Crippen LogP) is 6.86. The van der Waals surface area contributed by atoms with Crippen LogP contribution in [0.1, 0.15) is 42.3 Å². The fourth-order valence-electron chi connectivity index (χ4n) is 4.97. The van der Waals surface area contributed by atoms with E-state index >= 15 is 0 Å². The number of ether oxygens (including phenoxy) is 1. The van der Waals surface area contributed by atoms with Crippen LogP contribution in [-0.4, -0.2) is 25.6 Å². The summed E-state index contributed by atoms with van der Waals surface area (Å²) in [7, 11) is 0. The summed E-state index contributed by atoms with van der Waals surface area (Å²) in [6, 6.07) is 20.7. The Morgan fingerprint density at radius 2 is 1.83 bits per heavy atom. The van der Waals surface area contributed by atoms with Crippen LogP contribution in [0.5, 0.6) is 0 Å². The Kier molecular flexibility index (Phi) is 6.30. The summed E-state index contributed by atoms with van der Waals surface area (Å²) in [5.74, 6) is 0.870. The summed E-state index contributed by atoms with van der Waals surface area (Å²) in [4.78, 5) is 13.6. The topological polar surface area (TPSA) is 64.9 Å². The Morgan fingerprint density at radius 3 is 2.72 bits per heavy atom. The van der Waals surface area contributed by atoms with Crippen LogP contribution < -0.4 is 5.32 Å². The van der Waals surface area contributed by atoms with E-state index in [4.69, 9.17) is 21.3 Å². The highest BCUT2D eigenvalue weighted by molar-refractivity contribution is 6.30. The SMILES string of the molecule is Cc1ncnc2c1ccn2[C@H]1CC[C@@H](CCc2ccc3ccc(NCc4ccc(Cl)cc4)nc3c2)O1. The second-order valence-electron chi connectivity index (χ2n) is 9.45.